The fraction of sp³-hybridized carbons (Fsp3) is 0.500. The van der Waals surface area contributed by atoms with E-state index in [9.17, 15) is 4.39 Å². The quantitative estimate of drug-likeness (QED) is 0.439. The standard InChI is InChI=1S/C26H32F2N4O2/c1-18-13-21-20-5-2-3-6-22(20)31-24(21)25(32(18)15-26(28)16-33-17-26)19-7-8-23(30-14-19)34-12-11-29-10-4-9-27/h2-3,5-8,14,18,25,29,31H,4,9-13,15-17H2,1H3/t18-,25-/m1/s1. The van der Waals surface area contributed by atoms with Crippen molar-refractivity contribution in [1.82, 2.24) is 20.2 Å². The zero-order chi connectivity index (χ0) is 23.5. The normalized spacial score (nSPS) is 21.9. The predicted octanol–water partition coefficient (Wildman–Crippen LogP) is 3.97. The van der Waals surface area contributed by atoms with Gasteiger partial charge < -0.3 is 19.8 Å². The molecule has 2 aliphatic rings. The van der Waals surface area contributed by atoms with Crippen molar-refractivity contribution in [2.24, 2.45) is 0 Å². The Balaban J connectivity index is 1.40. The van der Waals surface area contributed by atoms with Gasteiger partial charge in [0, 0.05) is 48.0 Å². The van der Waals surface area contributed by atoms with Crippen LogP contribution in [0.4, 0.5) is 8.78 Å². The van der Waals surface area contributed by atoms with Crippen molar-refractivity contribution >= 4 is 10.9 Å². The van der Waals surface area contributed by atoms with Gasteiger partial charge in [-0.05, 0) is 43.5 Å². The van der Waals surface area contributed by atoms with Gasteiger partial charge in [0.25, 0.3) is 0 Å². The van der Waals surface area contributed by atoms with E-state index in [1.807, 2.05) is 24.4 Å². The minimum absolute atomic E-state index is 0.136. The molecule has 2 N–H and O–H groups in total. The third-order valence-electron chi connectivity index (χ3n) is 6.80. The number of alkyl halides is 2. The van der Waals surface area contributed by atoms with Gasteiger partial charge in [0.05, 0.1) is 25.9 Å². The molecule has 34 heavy (non-hydrogen) atoms. The number of para-hydroxylation sites is 1. The highest BCUT2D eigenvalue weighted by atomic mass is 19.1. The van der Waals surface area contributed by atoms with E-state index in [4.69, 9.17) is 9.47 Å². The maximum atomic E-state index is 15.2. The van der Waals surface area contributed by atoms with Crippen molar-refractivity contribution in [3.63, 3.8) is 0 Å². The average molecular weight is 471 g/mol. The highest BCUT2D eigenvalue weighted by molar-refractivity contribution is 5.85. The lowest BCUT2D eigenvalue weighted by Crippen LogP contribution is -2.57. The van der Waals surface area contributed by atoms with Crippen LogP contribution in [0.15, 0.2) is 42.6 Å². The Morgan fingerprint density at radius 3 is 2.82 bits per heavy atom. The molecule has 0 spiro atoms. The first-order chi connectivity index (χ1) is 16.6. The Bertz CT molecular complexity index is 1100. The molecular formula is C26H32F2N4O2. The third kappa shape index (κ3) is 4.67. The molecule has 2 aliphatic heterocycles. The Labute approximate surface area is 198 Å². The molecule has 8 heteroatoms. The lowest BCUT2D eigenvalue weighted by atomic mass is 9.87. The molecule has 1 fully saturated rings. The molecule has 0 bridgehead atoms. The molecule has 4 heterocycles. The molecule has 6 nitrogen and oxygen atoms in total. The van der Waals surface area contributed by atoms with Gasteiger partial charge >= 0.3 is 0 Å². The maximum absolute atomic E-state index is 15.2. The second-order valence-electron chi connectivity index (χ2n) is 9.41. The third-order valence-corrected chi connectivity index (χ3v) is 6.80. The molecule has 1 saturated heterocycles. The summed E-state index contributed by atoms with van der Waals surface area (Å²) in [6.07, 6.45) is 3.20. The first-order valence-electron chi connectivity index (χ1n) is 12.1. The number of H-pyrrole nitrogens is 1. The van der Waals surface area contributed by atoms with Gasteiger partial charge in [0.1, 0.15) is 6.61 Å². The summed E-state index contributed by atoms with van der Waals surface area (Å²) in [6, 6.07) is 12.2. The van der Waals surface area contributed by atoms with Crippen molar-refractivity contribution in [3.05, 3.63) is 59.4 Å². The number of rotatable bonds is 10. The number of aromatic nitrogens is 2. The molecule has 0 radical (unpaired) electrons. The summed E-state index contributed by atoms with van der Waals surface area (Å²) in [5.41, 5.74) is 3.18. The first kappa shape index (κ1) is 23.2. The van der Waals surface area contributed by atoms with Gasteiger partial charge in [-0.3, -0.25) is 9.29 Å². The van der Waals surface area contributed by atoms with E-state index < -0.39 is 5.67 Å². The molecular weight excluding hydrogens is 438 g/mol. The highest BCUT2D eigenvalue weighted by Crippen LogP contribution is 2.42. The van der Waals surface area contributed by atoms with Crippen LogP contribution in [-0.4, -0.2) is 72.7 Å². The van der Waals surface area contributed by atoms with Crippen molar-refractivity contribution in [1.29, 1.82) is 0 Å². The fourth-order valence-corrected chi connectivity index (χ4v) is 5.04. The summed E-state index contributed by atoms with van der Waals surface area (Å²) in [7, 11) is 0. The highest BCUT2D eigenvalue weighted by Gasteiger charge is 2.45. The number of hydrogen-bond donors (Lipinski definition) is 2. The van der Waals surface area contributed by atoms with Crippen LogP contribution in [0.2, 0.25) is 0 Å². The molecule has 0 saturated carbocycles. The summed E-state index contributed by atoms with van der Waals surface area (Å²) in [6.45, 7) is 4.19. The van der Waals surface area contributed by atoms with Gasteiger partial charge in [0.15, 0.2) is 5.67 Å². The molecule has 3 aromatic rings. The smallest absolute Gasteiger partial charge is 0.213 e. The van der Waals surface area contributed by atoms with Gasteiger partial charge in [-0.25, -0.2) is 9.37 Å². The van der Waals surface area contributed by atoms with Crippen molar-refractivity contribution in [3.8, 4) is 5.88 Å². The van der Waals surface area contributed by atoms with E-state index in [1.54, 1.807) is 0 Å². The molecule has 5 rings (SSSR count). The number of halogens is 2. The molecule has 0 aliphatic carbocycles. The molecule has 2 atom stereocenters. The lowest BCUT2D eigenvalue weighted by molar-refractivity contribution is -0.147. The molecule has 0 amide bonds. The summed E-state index contributed by atoms with van der Waals surface area (Å²) >= 11 is 0. The van der Waals surface area contributed by atoms with Gasteiger partial charge in [-0.2, -0.15) is 0 Å². The number of hydrogen-bond acceptors (Lipinski definition) is 5. The summed E-state index contributed by atoms with van der Waals surface area (Å²) in [5, 5.41) is 4.36. The number of ether oxygens (including phenoxy) is 2. The zero-order valence-electron chi connectivity index (χ0n) is 19.5. The fourth-order valence-electron chi connectivity index (χ4n) is 5.04. The Morgan fingerprint density at radius 1 is 1.24 bits per heavy atom. The molecule has 182 valence electrons. The predicted molar refractivity (Wildman–Crippen MR) is 128 cm³/mol. The van der Waals surface area contributed by atoms with Crippen LogP contribution in [0.1, 0.15) is 36.2 Å². The summed E-state index contributed by atoms with van der Waals surface area (Å²) < 4.78 is 38.3. The zero-order valence-corrected chi connectivity index (χ0v) is 19.5. The average Bonchev–Trinajstić information content (AvgIpc) is 3.19. The van der Waals surface area contributed by atoms with E-state index in [2.05, 4.69) is 45.3 Å². The van der Waals surface area contributed by atoms with E-state index in [1.165, 1.54) is 10.9 Å². The minimum Gasteiger partial charge on any atom is -0.476 e. The lowest BCUT2D eigenvalue weighted by Gasteiger charge is -2.46. The SMILES string of the molecule is C[C@@H]1Cc2c([nH]c3ccccc23)[C@@H](c2ccc(OCCNCCCF)nc2)N1CC1(F)COC1. The number of pyridine rings is 1. The first-order valence-corrected chi connectivity index (χ1v) is 12.1. The van der Waals surface area contributed by atoms with Crippen LogP contribution < -0.4 is 10.1 Å². The monoisotopic (exact) mass is 470 g/mol. The second kappa shape index (κ2) is 9.98. The number of nitrogens with one attached hydrogen (secondary N) is 2. The number of nitrogens with zero attached hydrogens (tertiary/aromatic N) is 2. The van der Waals surface area contributed by atoms with E-state index >= 15 is 4.39 Å². The van der Waals surface area contributed by atoms with Crippen molar-refractivity contribution < 1.29 is 18.3 Å². The maximum Gasteiger partial charge on any atom is 0.213 e. The Hall–Kier alpha value is -2.55. The van der Waals surface area contributed by atoms with Gasteiger partial charge in [-0.15, -0.1) is 0 Å². The molecule has 1 aromatic carbocycles. The molecule has 0 unspecified atom stereocenters. The number of aromatic amines is 1. The number of fused-ring (bicyclic) bond motifs is 3. The van der Waals surface area contributed by atoms with Crippen LogP contribution in [0, 0.1) is 0 Å². The Kier molecular flexibility index (Phi) is 6.81. The van der Waals surface area contributed by atoms with Crippen LogP contribution >= 0.6 is 0 Å². The van der Waals surface area contributed by atoms with Crippen LogP contribution in [0.5, 0.6) is 5.88 Å². The van der Waals surface area contributed by atoms with Crippen LogP contribution in [0.25, 0.3) is 10.9 Å². The van der Waals surface area contributed by atoms with Gasteiger partial charge in [-0.1, -0.05) is 24.3 Å². The molecule has 2 aromatic heterocycles. The van der Waals surface area contributed by atoms with E-state index in [0.29, 0.717) is 38.5 Å². The second-order valence-corrected chi connectivity index (χ2v) is 9.41. The van der Waals surface area contributed by atoms with Crippen molar-refractivity contribution in [2.45, 2.75) is 37.5 Å². The largest absolute Gasteiger partial charge is 0.476 e. The minimum atomic E-state index is -1.32. The number of benzene rings is 1. The van der Waals surface area contributed by atoms with E-state index in [-0.39, 0.29) is 32.0 Å². The Morgan fingerprint density at radius 2 is 2.09 bits per heavy atom. The van der Waals surface area contributed by atoms with E-state index in [0.717, 1.165) is 23.2 Å². The summed E-state index contributed by atoms with van der Waals surface area (Å²) in [4.78, 5) is 10.4. The van der Waals surface area contributed by atoms with Crippen LogP contribution in [0.3, 0.4) is 0 Å². The van der Waals surface area contributed by atoms with Crippen molar-refractivity contribution in [2.75, 3.05) is 46.1 Å². The van der Waals surface area contributed by atoms with Gasteiger partial charge in [0.2, 0.25) is 5.88 Å². The topological polar surface area (TPSA) is 62.4 Å². The summed E-state index contributed by atoms with van der Waals surface area (Å²) in [5.74, 6) is 0.540. The van der Waals surface area contributed by atoms with Crippen LogP contribution in [-0.2, 0) is 11.2 Å².